The average molecular weight is 274 g/mol. The van der Waals surface area contributed by atoms with Crippen LogP contribution in [0.25, 0.3) is 0 Å². The lowest BCUT2D eigenvalue weighted by Crippen LogP contribution is -2.40. The molecule has 3 N–H and O–H groups in total. The zero-order chi connectivity index (χ0) is 14.4. The van der Waals surface area contributed by atoms with Gasteiger partial charge < -0.3 is 25.2 Å². The van der Waals surface area contributed by atoms with Crippen LogP contribution in [0.5, 0.6) is 0 Å². The fourth-order valence-electron chi connectivity index (χ4n) is 2.02. The average Bonchev–Trinajstić information content (AvgIpc) is 2.78. The second-order valence-corrected chi connectivity index (χ2v) is 4.23. The van der Waals surface area contributed by atoms with Crippen LogP contribution in [-0.2, 0) is 14.3 Å². The Morgan fingerprint density at radius 1 is 1.37 bits per heavy atom. The molecular weight excluding hydrogens is 256 g/mol. The number of likely N-dealkylation sites (N-methyl/N-ethyl adjacent to an activating group) is 1. The Hall–Kier alpha value is -1.83. The fraction of sp³-hybridized carbons (Fsp3) is 0.727. The van der Waals surface area contributed by atoms with Gasteiger partial charge in [-0.3, -0.25) is 9.59 Å². The Kier molecular flexibility index (Phi) is 5.56. The van der Waals surface area contributed by atoms with Crippen LogP contribution in [0.3, 0.4) is 0 Å². The van der Waals surface area contributed by atoms with E-state index in [4.69, 9.17) is 14.9 Å². The van der Waals surface area contributed by atoms with E-state index in [1.54, 1.807) is 6.92 Å². The van der Waals surface area contributed by atoms with Gasteiger partial charge in [0.1, 0.15) is 12.6 Å². The van der Waals surface area contributed by atoms with Crippen molar-refractivity contribution >= 4 is 18.0 Å². The third-order valence-corrected chi connectivity index (χ3v) is 2.98. The first-order valence-electron chi connectivity index (χ1n) is 6.07. The molecule has 108 valence electrons. The van der Waals surface area contributed by atoms with Gasteiger partial charge in [-0.15, -0.1) is 0 Å². The molecule has 1 unspecified atom stereocenters. The molecule has 1 fully saturated rings. The molecule has 1 aliphatic heterocycles. The Morgan fingerprint density at radius 3 is 2.58 bits per heavy atom. The number of carbonyl (C=O) groups is 3. The monoisotopic (exact) mass is 274 g/mol. The number of rotatable bonds is 6. The van der Waals surface area contributed by atoms with Gasteiger partial charge in [0.15, 0.2) is 0 Å². The topological polar surface area (TPSA) is 116 Å². The van der Waals surface area contributed by atoms with E-state index in [9.17, 15) is 14.4 Å². The van der Waals surface area contributed by atoms with E-state index in [1.165, 1.54) is 4.90 Å². The van der Waals surface area contributed by atoms with Crippen molar-refractivity contribution in [2.75, 3.05) is 19.7 Å². The van der Waals surface area contributed by atoms with E-state index in [0.29, 0.717) is 19.5 Å². The van der Waals surface area contributed by atoms with Crippen molar-refractivity contribution in [3.05, 3.63) is 0 Å². The summed E-state index contributed by atoms with van der Waals surface area (Å²) in [5, 5.41) is 20.3. The number of amides is 1. The van der Waals surface area contributed by atoms with Gasteiger partial charge in [-0.25, -0.2) is 4.79 Å². The van der Waals surface area contributed by atoms with E-state index in [2.05, 4.69) is 5.32 Å². The van der Waals surface area contributed by atoms with Gasteiger partial charge in [-0.2, -0.15) is 0 Å². The number of ether oxygens (including phenoxy) is 1. The molecule has 1 rings (SSSR count). The Labute approximate surface area is 110 Å². The zero-order valence-corrected chi connectivity index (χ0v) is 10.7. The molecule has 19 heavy (non-hydrogen) atoms. The summed E-state index contributed by atoms with van der Waals surface area (Å²) >= 11 is 0. The molecule has 0 aromatic carbocycles. The Bertz CT molecular complexity index is 359. The molecule has 1 amide bonds. The van der Waals surface area contributed by atoms with Gasteiger partial charge in [0.05, 0.1) is 6.42 Å². The molecule has 0 bridgehead atoms. The highest BCUT2D eigenvalue weighted by molar-refractivity contribution is 5.77. The van der Waals surface area contributed by atoms with E-state index in [1.807, 2.05) is 0 Å². The normalized spacial score (nSPS) is 21.9. The van der Waals surface area contributed by atoms with Crippen molar-refractivity contribution < 1.29 is 29.3 Å². The number of aliphatic carboxylic acids is 1. The minimum absolute atomic E-state index is 0.173. The number of carboxylic acid groups (broad SMARTS) is 2. The van der Waals surface area contributed by atoms with E-state index < -0.39 is 24.1 Å². The molecule has 8 nitrogen and oxygen atoms in total. The fourth-order valence-corrected chi connectivity index (χ4v) is 2.02. The van der Waals surface area contributed by atoms with Gasteiger partial charge in [0, 0.05) is 19.1 Å². The van der Waals surface area contributed by atoms with Crippen molar-refractivity contribution in [2.45, 2.75) is 31.8 Å². The number of carbonyl (C=O) groups excluding carboxylic acids is 1. The number of nitrogens with one attached hydrogen (secondary N) is 1. The van der Waals surface area contributed by atoms with Crippen LogP contribution in [0.2, 0.25) is 0 Å². The Morgan fingerprint density at radius 2 is 2.05 bits per heavy atom. The van der Waals surface area contributed by atoms with Crippen LogP contribution in [0, 0.1) is 0 Å². The lowest BCUT2D eigenvalue weighted by atomic mass is 10.1. The van der Waals surface area contributed by atoms with Gasteiger partial charge in [-0.1, -0.05) is 0 Å². The maximum atomic E-state index is 11.6. The lowest BCUT2D eigenvalue weighted by molar-refractivity contribution is -0.148. The Balaban J connectivity index is 2.40. The molecular formula is C11H18N2O6. The smallest absolute Gasteiger partial charge is 0.407 e. The lowest BCUT2D eigenvalue weighted by Gasteiger charge is -2.23. The molecule has 0 spiro atoms. The predicted octanol–water partition coefficient (Wildman–Crippen LogP) is -0.265. The number of esters is 1. The van der Waals surface area contributed by atoms with Gasteiger partial charge in [0.2, 0.25) is 0 Å². The summed E-state index contributed by atoms with van der Waals surface area (Å²) in [6.07, 6.45) is -0.918. The molecule has 2 atom stereocenters. The highest BCUT2D eigenvalue weighted by Crippen LogP contribution is 2.15. The van der Waals surface area contributed by atoms with E-state index >= 15 is 0 Å². The summed E-state index contributed by atoms with van der Waals surface area (Å²) in [4.78, 5) is 34.1. The summed E-state index contributed by atoms with van der Waals surface area (Å²) in [6.45, 7) is 2.29. The second kappa shape index (κ2) is 6.93. The molecule has 0 aromatic heterocycles. The van der Waals surface area contributed by atoms with Crippen LogP contribution < -0.4 is 5.32 Å². The summed E-state index contributed by atoms with van der Waals surface area (Å²) < 4.78 is 4.81. The highest BCUT2D eigenvalue weighted by atomic mass is 16.5. The van der Waals surface area contributed by atoms with Crippen LogP contribution >= 0.6 is 0 Å². The summed E-state index contributed by atoms with van der Waals surface area (Å²) in [6, 6.07) is -0.841. The van der Waals surface area contributed by atoms with Crippen LogP contribution in [0.4, 0.5) is 4.79 Å². The summed E-state index contributed by atoms with van der Waals surface area (Å²) in [7, 11) is 0. The van der Waals surface area contributed by atoms with Crippen molar-refractivity contribution in [3.8, 4) is 0 Å². The van der Waals surface area contributed by atoms with Crippen molar-refractivity contribution in [1.29, 1.82) is 0 Å². The van der Waals surface area contributed by atoms with Gasteiger partial charge in [-0.05, 0) is 13.3 Å². The molecule has 1 aliphatic rings. The minimum atomic E-state index is -1.03. The number of hydrogen-bond donors (Lipinski definition) is 3. The molecule has 1 heterocycles. The molecule has 8 heteroatoms. The number of hydrogen-bond acceptors (Lipinski definition) is 5. The first-order valence-corrected chi connectivity index (χ1v) is 6.07. The van der Waals surface area contributed by atoms with Gasteiger partial charge in [0.25, 0.3) is 0 Å². The predicted molar refractivity (Wildman–Crippen MR) is 63.8 cm³/mol. The van der Waals surface area contributed by atoms with Crippen LogP contribution in [0.1, 0.15) is 19.8 Å². The molecule has 0 aromatic rings. The molecule has 0 radical (unpaired) electrons. The third kappa shape index (κ3) is 4.40. The maximum Gasteiger partial charge on any atom is 0.407 e. The van der Waals surface area contributed by atoms with Crippen molar-refractivity contribution in [1.82, 2.24) is 10.2 Å². The minimum Gasteiger partial charge on any atom is -0.481 e. The highest BCUT2D eigenvalue weighted by Gasteiger charge is 2.35. The first kappa shape index (κ1) is 15.2. The largest absolute Gasteiger partial charge is 0.481 e. The van der Waals surface area contributed by atoms with Gasteiger partial charge >= 0.3 is 18.0 Å². The SMILES string of the molecule is CCN(C(=O)O)C1CN[C@H](C(=O)OCCC(=O)O)C1. The molecule has 0 aliphatic carbocycles. The summed E-state index contributed by atoms with van der Waals surface area (Å²) in [5.74, 6) is -1.57. The first-order chi connectivity index (χ1) is 8.95. The zero-order valence-electron chi connectivity index (χ0n) is 10.7. The van der Waals surface area contributed by atoms with E-state index in [-0.39, 0.29) is 19.1 Å². The molecule has 1 saturated heterocycles. The van der Waals surface area contributed by atoms with E-state index in [0.717, 1.165) is 0 Å². The van der Waals surface area contributed by atoms with Crippen LogP contribution in [-0.4, -0.2) is 64.9 Å². The number of carboxylic acids is 1. The standard InChI is InChI=1S/C11H18N2O6/c1-2-13(11(17)18)7-5-8(12-6-7)10(16)19-4-3-9(14)15/h7-8,12H,2-6H2,1H3,(H,14,15)(H,17,18)/t7?,8-/m0/s1. The summed E-state index contributed by atoms with van der Waals surface area (Å²) in [5.41, 5.74) is 0. The quantitative estimate of drug-likeness (QED) is 0.571. The third-order valence-electron chi connectivity index (χ3n) is 2.98. The van der Waals surface area contributed by atoms with Crippen molar-refractivity contribution in [3.63, 3.8) is 0 Å². The van der Waals surface area contributed by atoms with Crippen molar-refractivity contribution in [2.24, 2.45) is 0 Å². The second-order valence-electron chi connectivity index (χ2n) is 4.23. The molecule has 0 saturated carbocycles. The number of nitrogens with zero attached hydrogens (tertiary/aromatic N) is 1. The van der Waals surface area contributed by atoms with Crippen LogP contribution in [0.15, 0.2) is 0 Å². The maximum absolute atomic E-state index is 11.6.